The number of amides is 1. The number of ether oxygens (including phenoxy) is 2. The van der Waals surface area contributed by atoms with Gasteiger partial charge in [0.25, 0.3) is 5.91 Å². The molecule has 196 valence electrons. The minimum Gasteiger partial charge on any atom is -0.494 e. The number of hydrogen-bond acceptors (Lipinski definition) is 7. The predicted octanol–water partition coefficient (Wildman–Crippen LogP) is 4.64. The van der Waals surface area contributed by atoms with Crippen molar-refractivity contribution in [3.8, 4) is 5.75 Å². The number of carbonyl (C=O) groups excluding carboxylic acids is 1. The van der Waals surface area contributed by atoms with Gasteiger partial charge in [-0.1, -0.05) is 6.07 Å². The first-order valence-corrected chi connectivity index (χ1v) is 12.5. The second kappa shape index (κ2) is 12.5. The number of nitrogens with one attached hydrogen (secondary N) is 1. The van der Waals surface area contributed by atoms with Crippen LogP contribution in [0, 0.1) is 18.7 Å². The summed E-state index contributed by atoms with van der Waals surface area (Å²) in [5.41, 5.74) is 6.43. The molecule has 4 rings (SSSR count). The van der Waals surface area contributed by atoms with Crippen LogP contribution < -0.4 is 10.2 Å². The van der Waals surface area contributed by atoms with Crippen molar-refractivity contribution in [1.29, 1.82) is 0 Å². The van der Waals surface area contributed by atoms with Crippen molar-refractivity contribution >= 4 is 24.0 Å². The Bertz CT molecular complexity index is 1180. The molecule has 1 N–H and O–H groups in total. The zero-order chi connectivity index (χ0) is 26.2. The van der Waals surface area contributed by atoms with Gasteiger partial charge >= 0.3 is 0 Å². The average molecular weight is 508 g/mol. The SMILES string of the molecule is COc1ccc(C2C/N=C/C=N\C=C/N2Nc2ccc(C(=O)N(C)CC3CCOCC3)c(C)c2)cc1F. The van der Waals surface area contributed by atoms with Crippen LogP contribution in [0.2, 0.25) is 0 Å². The molecule has 2 aromatic rings. The summed E-state index contributed by atoms with van der Waals surface area (Å²) in [6, 6.07) is 10.2. The maximum atomic E-state index is 14.5. The number of aliphatic imine (C=N–C) groups is 2. The van der Waals surface area contributed by atoms with Gasteiger partial charge in [-0.15, -0.1) is 0 Å². The molecule has 0 aromatic heterocycles. The van der Waals surface area contributed by atoms with Gasteiger partial charge in [-0.25, -0.2) is 4.39 Å². The average Bonchev–Trinajstić information content (AvgIpc) is 3.01. The first kappa shape index (κ1) is 26.3. The van der Waals surface area contributed by atoms with Gasteiger partial charge in [0.05, 0.1) is 25.4 Å². The molecular formula is C28H34FN5O3. The van der Waals surface area contributed by atoms with Crippen LogP contribution in [0.3, 0.4) is 0 Å². The summed E-state index contributed by atoms with van der Waals surface area (Å²) >= 11 is 0. The lowest BCUT2D eigenvalue weighted by Gasteiger charge is -2.31. The number of halogens is 1. The van der Waals surface area contributed by atoms with Gasteiger partial charge in [0.15, 0.2) is 11.6 Å². The molecule has 37 heavy (non-hydrogen) atoms. The quantitative estimate of drug-likeness (QED) is 0.591. The zero-order valence-corrected chi connectivity index (χ0v) is 21.6. The number of aryl methyl sites for hydroxylation is 1. The summed E-state index contributed by atoms with van der Waals surface area (Å²) in [7, 11) is 3.30. The van der Waals surface area contributed by atoms with Crippen molar-refractivity contribution in [3.63, 3.8) is 0 Å². The van der Waals surface area contributed by atoms with E-state index in [0.717, 1.165) is 49.4 Å². The van der Waals surface area contributed by atoms with E-state index in [2.05, 4.69) is 15.4 Å². The van der Waals surface area contributed by atoms with E-state index in [0.29, 0.717) is 18.0 Å². The summed E-state index contributed by atoms with van der Waals surface area (Å²) in [4.78, 5) is 23.6. The van der Waals surface area contributed by atoms with Gasteiger partial charge in [-0.3, -0.25) is 25.2 Å². The maximum Gasteiger partial charge on any atom is 0.253 e. The van der Waals surface area contributed by atoms with E-state index in [9.17, 15) is 9.18 Å². The summed E-state index contributed by atoms with van der Waals surface area (Å²) in [6.45, 7) is 4.55. The van der Waals surface area contributed by atoms with Crippen LogP contribution in [0.4, 0.5) is 10.1 Å². The Balaban J connectivity index is 1.52. The van der Waals surface area contributed by atoms with E-state index < -0.39 is 5.82 Å². The molecule has 0 aliphatic carbocycles. The Labute approximate surface area is 217 Å². The van der Waals surface area contributed by atoms with Crippen LogP contribution in [-0.2, 0) is 4.74 Å². The number of methoxy groups -OCH3 is 1. The van der Waals surface area contributed by atoms with Crippen LogP contribution in [0.15, 0.2) is 58.8 Å². The summed E-state index contributed by atoms with van der Waals surface area (Å²) < 4.78 is 25.0. The molecule has 2 aliphatic rings. The highest BCUT2D eigenvalue weighted by molar-refractivity contribution is 6.16. The largest absolute Gasteiger partial charge is 0.494 e. The molecule has 1 fully saturated rings. The molecule has 1 amide bonds. The number of rotatable bonds is 7. The van der Waals surface area contributed by atoms with Crippen LogP contribution in [0.5, 0.6) is 5.75 Å². The summed E-state index contributed by atoms with van der Waals surface area (Å²) in [6.07, 6.45) is 8.63. The highest BCUT2D eigenvalue weighted by Crippen LogP contribution is 2.28. The fraction of sp³-hybridized carbons (Fsp3) is 0.393. The molecule has 0 radical (unpaired) electrons. The smallest absolute Gasteiger partial charge is 0.253 e. The molecule has 1 unspecified atom stereocenters. The predicted molar refractivity (Wildman–Crippen MR) is 144 cm³/mol. The molecule has 0 spiro atoms. The monoisotopic (exact) mass is 507 g/mol. The third-order valence-corrected chi connectivity index (χ3v) is 6.68. The van der Waals surface area contributed by atoms with Crippen molar-refractivity contribution < 1.29 is 18.7 Å². The Kier molecular flexibility index (Phi) is 8.90. The number of hydrogen-bond donors (Lipinski definition) is 1. The van der Waals surface area contributed by atoms with E-state index in [-0.39, 0.29) is 17.7 Å². The minimum atomic E-state index is -0.437. The van der Waals surface area contributed by atoms with Gasteiger partial charge in [0.1, 0.15) is 0 Å². The van der Waals surface area contributed by atoms with E-state index in [1.54, 1.807) is 35.8 Å². The fourth-order valence-electron chi connectivity index (χ4n) is 4.60. The first-order valence-electron chi connectivity index (χ1n) is 12.5. The van der Waals surface area contributed by atoms with Gasteiger partial charge in [0, 0.05) is 57.2 Å². The van der Waals surface area contributed by atoms with Crippen molar-refractivity contribution in [2.75, 3.05) is 45.9 Å². The third-order valence-electron chi connectivity index (χ3n) is 6.68. The molecule has 1 atom stereocenters. The maximum absolute atomic E-state index is 14.5. The minimum absolute atomic E-state index is 0.00782. The highest BCUT2D eigenvalue weighted by atomic mass is 19.1. The Morgan fingerprint density at radius 2 is 2.03 bits per heavy atom. The first-order chi connectivity index (χ1) is 18.0. The Hall–Kier alpha value is -3.72. The van der Waals surface area contributed by atoms with E-state index >= 15 is 0 Å². The topological polar surface area (TPSA) is 78.8 Å². The van der Waals surface area contributed by atoms with Gasteiger partial charge in [-0.05, 0) is 67.1 Å². The molecular weight excluding hydrogens is 473 g/mol. The van der Waals surface area contributed by atoms with Crippen LogP contribution >= 0.6 is 0 Å². The molecule has 0 bridgehead atoms. The lowest BCUT2D eigenvalue weighted by Crippen LogP contribution is -2.34. The lowest BCUT2D eigenvalue weighted by molar-refractivity contribution is 0.0497. The molecule has 1 saturated heterocycles. The fourth-order valence-corrected chi connectivity index (χ4v) is 4.60. The second-order valence-electron chi connectivity index (χ2n) is 9.31. The Morgan fingerprint density at radius 1 is 1.22 bits per heavy atom. The van der Waals surface area contributed by atoms with Crippen molar-refractivity contribution in [3.05, 3.63) is 71.3 Å². The number of nitrogens with zero attached hydrogens (tertiary/aromatic N) is 4. The highest BCUT2D eigenvalue weighted by Gasteiger charge is 2.22. The van der Waals surface area contributed by atoms with Crippen molar-refractivity contribution in [2.45, 2.75) is 25.8 Å². The van der Waals surface area contributed by atoms with Crippen molar-refractivity contribution in [2.24, 2.45) is 15.9 Å². The van der Waals surface area contributed by atoms with E-state index in [1.807, 2.05) is 43.2 Å². The number of hydrazine groups is 1. The van der Waals surface area contributed by atoms with Gasteiger partial charge < -0.3 is 14.4 Å². The molecule has 2 aromatic carbocycles. The van der Waals surface area contributed by atoms with Gasteiger partial charge in [0.2, 0.25) is 0 Å². The molecule has 0 saturated carbocycles. The number of carbonyl (C=O) groups is 1. The summed E-state index contributed by atoms with van der Waals surface area (Å²) in [5, 5.41) is 1.84. The normalized spacial score (nSPS) is 20.8. The van der Waals surface area contributed by atoms with E-state index in [1.165, 1.54) is 13.2 Å². The van der Waals surface area contributed by atoms with Gasteiger partial charge in [-0.2, -0.15) is 0 Å². The standard InChI is InChI=1S/C28H34FN5O3/c1-20-16-23(5-6-24(20)28(35)33(2)19-21-8-14-37-15-9-21)32-34-13-12-30-10-11-31-18-26(34)22-4-7-27(36-3)25(29)17-22/h4-7,10-13,16-17,21,26,32H,8-9,14-15,18-19H2,1-3H3/b13-12-,30-10-,31-11+. The van der Waals surface area contributed by atoms with Crippen LogP contribution in [0.25, 0.3) is 0 Å². The lowest BCUT2D eigenvalue weighted by atomic mass is 9.99. The zero-order valence-electron chi connectivity index (χ0n) is 21.6. The molecule has 9 heteroatoms. The number of benzene rings is 2. The van der Waals surface area contributed by atoms with E-state index in [4.69, 9.17) is 9.47 Å². The van der Waals surface area contributed by atoms with Crippen LogP contribution in [0.1, 0.15) is 40.4 Å². The molecule has 8 nitrogen and oxygen atoms in total. The summed E-state index contributed by atoms with van der Waals surface area (Å²) in [5.74, 6) is 0.226. The number of anilines is 1. The van der Waals surface area contributed by atoms with Crippen molar-refractivity contribution in [1.82, 2.24) is 9.91 Å². The third kappa shape index (κ3) is 6.74. The molecule has 2 aliphatic heterocycles. The molecule has 2 heterocycles. The Morgan fingerprint density at radius 3 is 2.76 bits per heavy atom. The van der Waals surface area contributed by atoms with Crippen LogP contribution in [-0.4, -0.2) is 68.7 Å². The second-order valence-corrected chi connectivity index (χ2v) is 9.31.